The number of allylic oxidation sites excluding steroid dienone is 1. The lowest BCUT2D eigenvalue weighted by Crippen LogP contribution is -2.53. The molecule has 5 nitrogen and oxygen atoms in total. The van der Waals surface area contributed by atoms with Crippen molar-refractivity contribution in [3.63, 3.8) is 0 Å². The number of hydrazine groups is 1. The first kappa shape index (κ1) is 10.8. The van der Waals surface area contributed by atoms with E-state index in [0.717, 1.165) is 5.70 Å². The highest BCUT2D eigenvalue weighted by Crippen LogP contribution is 2.24. The highest BCUT2D eigenvalue weighted by Gasteiger charge is 2.38. The molecule has 2 aliphatic heterocycles. The first-order valence-electron chi connectivity index (χ1n) is 5.01. The van der Waals surface area contributed by atoms with Crippen LogP contribution < -0.4 is 16.2 Å². The molecule has 2 rings (SSSR count). The summed E-state index contributed by atoms with van der Waals surface area (Å²) in [4.78, 5) is 13.6. The number of nitrogens with one attached hydrogen (secondary N) is 3. The Labute approximate surface area is 93.6 Å². The minimum Gasteiger partial charge on any atom is -0.355 e. The maximum atomic E-state index is 11.8. The Bertz CT molecular complexity index is 304. The number of thioether (sulfide) groups is 1. The van der Waals surface area contributed by atoms with Crippen LogP contribution in [0.5, 0.6) is 0 Å². The molecule has 1 amide bonds. The summed E-state index contributed by atoms with van der Waals surface area (Å²) in [7, 11) is 0. The number of hydrogen-bond donors (Lipinski definition) is 3. The minimum atomic E-state index is -0.126. The molecule has 2 atom stereocenters. The lowest BCUT2D eigenvalue weighted by molar-refractivity contribution is -0.129. The van der Waals surface area contributed by atoms with E-state index in [9.17, 15) is 4.79 Å². The molecule has 0 spiro atoms. The van der Waals surface area contributed by atoms with Crippen molar-refractivity contribution in [2.24, 2.45) is 0 Å². The highest BCUT2D eigenvalue weighted by molar-refractivity contribution is 8.00. The molecule has 2 heterocycles. The Morgan fingerprint density at radius 3 is 2.87 bits per heavy atom. The van der Waals surface area contributed by atoms with Crippen LogP contribution in [0.2, 0.25) is 0 Å². The zero-order valence-corrected chi connectivity index (χ0v) is 9.89. The van der Waals surface area contributed by atoms with Crippen molar-refractivity contribution < 1.29 is 4.79 Å². The van der Waals surface area contributed by atoms with E-state index in [1.807, 2.05) is 6.92 Å². The van der Waals surface area contributed by atoms with E-state index in [1.54, 1.807) is 22.7 Å². The molecule has 0 saturated carbocycles. The number of amides is 1. The lowest BCUT2D eigenvalue weighted by atomic mass is 10.3. The topological polar surface area (TPSA) is 56.4 Å². The van der Waals surface area contributed by atoms with Crippen LogP contribution in [0.3, 0.4) is 0 Å². The fourth-order valence-electron chi connectivity index (χ4n) is 1.65. The van der Waals surface area contributed by atoms with Gasteiger partial charge in [0.2, 0.25) is 0 Å². The summed E-state index contributed by atoms with van der Waals surface area (Å²) in [6, 6.07) is 0. The Morgan fingerprint density at radius 1 is 1.47 bits per heavy atom. The molecule has 1 fully saturated rings. The van der Waals surface area contributed by atoms with Gasteiger partial charge in [0, 0.05) is 17.0 Å². The molecule has 0 aromatic rings. The van der Waals surface area contributed by atoms with Crippen LogP contribution in [0.1, 0.15) is 20.8 Å². The summed E-state index contributed by atoms with van der Waals surface area (Å²) in [6.07, 6.45) is 1.50. The lowest BCUT2D eigenvalue weighted by Gasteiger charge is -2.31. The van der Waals surface area contributed by atoms with Crippen molar-refractivity contribution in [2.75, 3.05) is 0 Å². The summed E-state index contributed by atoms with van der Waals surface area (Å²) in [5.41, 5.74) is 7.05. The SMILES string of the molecule is CC1=CC(=O)N2C(NNC2SC(C)C)N1. The third-order valence-corrected chi connectivity index (χ3v) is 3.38. The molecule has 1 saturated heterocycles. The van der Waals surface area contributed by atoms with Crippen LogP contribution >= 0.6 is 11.8 Å². The summed E-state index contributed by atoms with van der Waals surface area (Å²) in [5, 5.41) is 3.67. The van der Waals surface area contributed by atoms with Crippen molar-refractivity contribution in [3.05, 3.63) is 11.8 Å². The molecule has 2 unspecified atom stereocenters. The fraction of sp³-hybridized carbons (Fsp3) is 0.667. The highest BCUT2D eigenvalue weighted by atomic mass is 32.2. The molecule has 0 aromatic carbocycles. The molecular weight excluding hydrogens is 212 g/mol. The van der Waals surface area contributed by atoms with Gasteiger partial charge in [0.15, 0.2) is 6.29 Å². The number of carbonyl (C=O) groups excluding carboxylic acids is 1. The predicted octanol–water partition coefficient (Wildman–Crippen LogP) is 0.139. The average molecular weight is 228 g/mol. The van der Waals surface area contributed by atoms with Gasteiger partial charge < -0.3 is 5.32 Å². The molecule has 0 aromatic heterocycles. The van der Waals surface area contributed by atoms with Crippen molar-refractivity contribution in [2.45, 2.75) is 37.8 Å². The Morgan fingerprint density at radius 2 is 2.20 bits per heavy atom. The third-order valence-electron chi connectivity index (χ3n) is 2.23. The van der Waals surface area contributed by atoms with Gasteiger partial charge in [-0.05, 0) is 6.92 Å². The second kappa shape index (κ2) is 4.03. The van der Waals surface area contributed by atoms with Gasteiger partial charge >= 0.3 is 0 Å². The smallest absolute Gasteiger partial charge is 0.252 e. The van der Waals surface area contributed by atoms with Gasteiger partial charge in [-0.1, -0.05) is 13.8 Å². The summed E-state index contributed by atoms with van der Waals surface area (Å²) >= 11 is 1.71. The fourth-order valence-corrected chi connectivity index (χ4v) is 2.66. The first-order valence-corrected chi connectivity index (χ1v) is 5.96. The molecule has 0 bridgehead atoms. The van der Waals surface area contributed by atoms with Crippen LogP contribution in [0.4, 0.5) is 0 Å². The van der Waals surface area contributed by atoms with Crippen LogP contribution in [-0.2, 0) is 4.79 Å². The van der Waals surface area contributed by atoms with E-state index in [4.69, 9.17) is 0 Å². The molecule has 3 N–H and O–H groups in total. The van der Waals surface area contributed by atoms with Crippen molar-refractivity contribution in [1.29, 1.82) is 0 Å². The number of carbonyl (C=O) groups is 1. The largest absolute Gasteiger partial charge is 0.355 e. The van der Waals surface area contributed by atoms with Gasteiger partial charge in [0.05, 0.1) is 0 Å². The van der Waals surface area contributed by atoms with Gasteiger partial charge in [-0.25, -0.2) is 10.9 Å². The first-order chi connectivity index (χ1) is 7.08. The van der Waals surface area contributed by atoms with E-state index in [0.29, 0.717) is 5.25 Å². The van der Waals surface area contributed by atoms with E-state index >= 15 is 0 Å². The van der Waals surface area contributed by atoms with Gasteiger partial charge in [0.1, 0.15) is 5.50 Å². The summed E-state index contributed by atoms with van der Waals surface area (Å²) in [5.74, 6) is 0.0481. The summed E-state index contributed by atoms with van der Waals surface area (Å²) < 4.78 is 0. The normalized spacial score (nSPS) is 30.3. The average Bonchev–Trinajstić information content (AvgIpc) is 2.46. The Balaban J connectivity index is 2.11. The van der Waals surface area contributed by atoms with Crippen molar-refractivity contribution >= 4 is 17.7 Å². The number of hydrogen-bond acceptors (Lipinski definition) is 5. The number of fused-ring (bicyclic) bond motifs is 1. The van der Waals surface area contributed by atoms with Gasteiger partial charge in [-0.15, -0.1) is 11.8 Å². The van der Waals surface area contributed by atoms with Crippen LogP contribution in [0.25, 0.3) is 0 Å². The zero-order valence-electron chi connectivity index (χ0n) is 9.07. The number of rotatable bonds is 2. The van der Waals surface area contributed by atoms with Crippen molar-refractivity contribution in [1.82, 2.24) is 21.1 Å². The van der Waals surface area contributed by atoms with Gasteiger partial charge in [-0.3, -0.25) is 9.69 Å². The van der Waals surface area contributed by atoms with E-state index < -0.39 is 0 Å². The molecule has 84 valence electrons. The quantitative estimate of drug-likeness (QED) is 0.627. The Kier molecular flexibility index (Phi) is 2.90. The van der Waals surface area contributed by atoms with E-state index in [2.05, 4.69) is 30.0 Å². The molecule has 0 aliphatic carbocycles. The van der Waals surface area contributed by atoms with E-state index in [-0.39, 0.29) is 17.7 Å². The van der Waals surface area contributed by atoms with Crippen LogP contribution in [0, 0.1) is 0 Å². The van der Waals surface area contributed by atoms with Crippen molar-refractivity contribution in [3.8, 4) is 0 Å². The second-order valence-corrected chi connectivity index (χ2v) is 5.61. The van der Waals surface area contributed by atoms with Gasteiger partial charge in [-0.2, -0.15) is 0 Å². The maximum absolute atomic E-state index is 11.8. The molecule has 0 radical (unpaired) electrons. The molecule has 2 aliphatic rings. The van der Waals surface area contributed by atoms with Gasteiger partial charge in [0.25, 0.3) is 5.91 Å². The zero-order chi connectivity index (χ0) is 11.0. The molecular formula is C9H16N4OS. The summed E-state index contributed by atoms with van der Waals surface area (Å²) in [6.45, 7) is 6.12. The third kappa shape index (κ3) is 2.11. The predicted molar refractivity (Wildman–Crippen MR) is 60.3 cm³/mol. The van der Waals surface area contributed by atoms with Crippen LogP contribution in [-0.4, -0.2) is 27.8 Å². The molecule has 6 heteroatoms. The molecule has 15 heavy (non-hydrogen) atoms. The monoisotopic (exact) mass is 228 g/mol. The van der Waals surface area contributed by atoms with Crippen LogP contribution in [0.15, 0.2) is 11.8 Å². The maximum Gasteiger partial charge on any atom is 0.252 e. The minimum absolute atomic E-state index is 0.000602. The second-order valence-electron chi connectivity index (χ2n) is 3.95. The number of nitrogens with zero attached hydrogens (tertiary/aromatic N) is 1. The Hall–Kier alpha value is -0.720. The van der Waals surface area contributed by atoms with E-state index in [1.165, 1.54) is 0 Å². The standard InChI is InChI=1S/C9H16N4OS/c1-5(2)15-9-12-11-8-10-6(3)4-7(14)13(8)9/h4-5,8-12H,1-3H3.